The Morgan fingerprint density at radius 2 is 2.22 bits per heavy atom. The number of rotatable bonds is 2. The van der Waals surface area contributed by atoms with Gasteiger partial charge in [-0.2, -0.15) is 18.3 Å². The molecule has 1 saturated heterocycles. The lowest BCUT2D eigenvalue weighted by molar-refractivity contribution is -0.184. The molecule has 0 radical (unpaired) electrons. The van der Waals surface area contributed by atoms with Crippen LogP contribution in [0.1, 0.15) is 23.3 Å². The first-order chi connectivity index (χ1) is 10.8. The number of thiazole rings is 1. The zero-order valence-corrected chi connectivity index (χ0v) is 13.2. The van der Waals surface area contributed by atoms with Crippen LogP contribution in [0.2, 0.25) is 0 Å². The average molecular weight is 344 g/mol. The second kappa shape index (κ2) is 5.95. The molecule has 1 fully saturated rings. The van der Waals surface area contributed by atoms with Gasteiger partial charge >= 0.3 is 6.18 Å². The Balaban J connectivity index is 1.74. The number of halogens is 3. The Morgan fingerprint density at radius 1 is 1.43 bits per heavy atom. The quantitative estimate of drug-likeness (QED) is 0.842. The number of hydrogen-bond donors (Lipinski definition) is 0. The van der Waals surface area contributed by atoms with Gasteiger partial charge in [-0.3, -0.25) is 9.48 Å². The zero-order chi connectivity index (χ0) is 16.6. The molecule has 0 spiro atoms. The van der Waals surface area contributed by atoms with E-state index in [9.17, 15) is 18.0 Å². The lowest BCUT2D eigenvalue weighted by Crippen LogP contribution is -2.44. The largest absolute Gasteiger partial charge is 0.393 e. The summed E-state index contributed by atoms with van der Waals surface area (Å²) in [5.41, 5.74) is 0.972. The van der Waals surface area contributed by atoms with Crippen molar-refractivity contribution in [3.8, 4) is 10.6 Å². The van der Waals surface area contributed by atoms with Crippen molar-refractivity contribution in [1.29, 1.82) is 0 Å². The number of likely N-dealkylation sites (tertiary alicyclic amines) is 1. The van der Waals surface area contributed by atoms with Crippen molar-refractivity contribution in [3.05, 3.63) is 23.5 Å². The van der Waals surface area contributed by atoms with E-state index in [1.165, 1.54) is 16.2 Å². The fraction of sp³-hybridized carbons (Fsp3) is 0.500. The molecular weight excluding hydrogens is 329 g/mol. The van der Waals surface area contributed by atoms with Crippen LogP contribution in [0.5, 0.6) is 0 Å². The molecule has 124 valence electrons. The fourth-order valence-corrected chi connectivity index (χ4v) is 3.40. The zero-order valence-electron chi connectivity index (χ0n) is 12.4. The Hall–Kier alpha value is -1.90. The van der Waals surface area contributed by atoms with E-state index in [4.69, 9.17) is 0 Å². The normalized spacial score (nSPS) is 19.1. The van der Waals surface area contributed by atoms with Crippen molar-refractivity contribution in [2.24, 2.45) is 13.0 Å². The number of alkyl halides is 3. The van der Waals surface area contributed by atoms with E-state index in [2.05, 4.69) is 10.1 Å². The van der Waals surface area contributed by atoms with E-state index >= 15 is 0 Å². The minimum absolute atomic E-state index is 0.0747. The first-order valence-corrected chi connectivity index (χ1v) is 8.03. The van der Waals surface area contributed by atoms with Crippen molar-refractivity contribution < 1.29 is 18.0 Å². The number of amides is 1. The maximum atomic E-state index is 12.8. The monoisotopic (exact) mass is 344 g/mol. The minimum atomic E-state index is -4.26. The summed E-state index contributed by atoms with van der Waals surface area (Å²) in [6.45, 7) is 0.0489. The Labute approximate surface area is 134 Å². The molecule has 0 aromatic carbocycles. The number of hydrogen-bond acceptors (Lipinski definition) is 4. The standard InChI is InChI=1S/C14H15F3N4OS/c1-20-6-9(5-18-20)12-19-11(8-23-12)13(22)21-4-2-3-10(7-21)14(15,16)17/h5-6,8,10H,2-4,7H2,1H3/t10-/m0/s1. The molecule has 0 N–H and O–H groups in total. The highest BCUT2D eigenvalue weighted by atomic mass is 32.1. The molecule has 2 aromatic rings. The lowest BCUT2D eigenvalue weighted by Gasteiger charge is -2.33. The van der Waals surface area contributed by atoms with E-state index in [0.717, 1.165) is 5.56 Å². The molecule has 1 aliphatic rings. The second-order valence-electron chi connectivity index (χ2n) is 5.57. The summed E-state index contributed by atoms with van der Waals surface area (Å²) < 4.78 is 40.2. The average Bonchev–Trinajstić information content (AvgIpc) is 3.14. The molecule has 3 rings (SSSR count). The fourth-order valence-electron chi connectivity index (χ4n) is 2.63. The van der Waals surface area contributed by atoms with Gasteiger partial charge < -0.3 is 4.90 Å². The van der Waals surface area contributed by atoms with Crippen LogP contribution in [0.3, 0.4) is 0 Å². The van der Waals surface area contributed by atoms with Gasteiger partial charge in [-0.25, -0.2) is 4.98 Å². The Kier molecular flexibility index (Phi) is 4.13. The van der Waals surface area contributed by atoms with Crippen LogP contribution >= 0.6 is 11.3 Å². The summed E-state index contributed by atoms with van der Waals surface area (Å²) in [6.07, 6.45) is -0.427. The molecule has 2 aromatic heterocycles. The second-order valence-corrected chi connectivity index (χ2v) is 6.43. The van der Waals surface area contributed by atoms with Crippen LogP contribution in [0.15, 0.2) is 17.8 Å². The van der Waals surface area contributed by atoms with Crippen LogP contribution in [0.25, 0.3) is 10.6 Å². The smallest absolute Gasteiger partial charge is 0.337 e. The molecule has 0 aliphatic carbocycles. The molecule has 5 nitrogen and oxygen atoms in total. The van der Waals surface area contributed by atoms with E-state index in [-0.39, 0.29) is 18.7 Å². The van der Waals surface area contributed by atoms with Crippen molar-refractivity contribution in [2.45, 2.75) is 19.0 Å². The highest BCUT2D eigenvalue weighted by Crippen LogP contribution is 2.33. The van der Waals surface area contributed by atoms with Crippen LogP contribution < -0.4 is 0 Å². The van der Waals surface area contributed by atoms with Crippen molar-refractivity contribution in [1.82, 2.24) is 19.7 Å². The number of carbonyl (C=O) groups is 1. The maximum absolute atomic E-state index is 12.8. The first kappa shape index (κ1) is 16.0. The number of carbonyl (C=O) groups excluding carboxylic acids is 1. The molecule has 1 amide bonds. The Bertz CT molecular complexity index is 709. The topological polar surface area (TPSA) is 51.0 Å². The molecule has 1 aliphatic heterocycles. The number of nitrogens with zero attached hydrogens (tertiary/aromatic N) is 4. The predicted octanol–water partition coefficient (Wildman–Crippen LogP) is 2.96. The van der Waals surface area contributed by atoms with Crippen molar-refractivity contribution in [2.75, 3.05) is 13.1 Å². The summed E-state index contributed by atoms with van der Waals surface area (Å²) in [5, 5.41) is 6.25. The number of aryl methyl sites for hydroxylation is 1. The maximum Gasteiger partial charge on any atom is 0.393 e. The SMILES string of the molecule is Cn1cc(-c2nc(C(=O)N3CCC[C@H](C(F)(F)F)C3)cs2)cn1. The van der Waals surface area contributed by atoms with Crippen LogP contribution in [-0.2, 0) is 7.05 Å². The van der Waals surface area contributed by atoms with Crippen molar-refractivity contribution >= 4 is 17.2 Å². The van der Waals surface area contributed by atoms with E-state index < -0.39 is 18.0 Å². The summed E-state index contributed by atoms with van der Waals surface area (Å²) >= 11 is 1.28. The highest BCUT2D eigenvalue weighted by Gasteiger charge is 2.43. The van der Waals surface area contributed by atoms with Gasteiger partial charge in [0.15, 0.2) is 0 Å². The van der Waals surface area contributed by atoms with Crippen LogP contribution in [0.4, 0.5) is 13.2 Å². The van der Waals surface area contributed by atoms with E-state index in [1.807, 2.05) is 0 Å². The predicted molar refractivity (Wildman–Crippen MR) is 79.0 cm³/mol. The van der Waals surface area contributed by atoms with Gasteiger partial charge in [0.1, 0.15) is 10.7 Å². The third-order valence-corrected chi connectivity index (χ3v) is 4.74. The third kappa shape index (κ3) is 3.39. The molecule has 0 saturated carbocycles. The summed E-state index contributed by atoms with van der Waals surface area (Å²) in [6, 6.07) is 0. The minimum Gasteiger partial charge on any atom is -0.337 e. The summed E-state index contributed by atoms with van der Waals surface area (Å²) in [7, 11) is 1.77. The molecule has 9 heteroatoms. The Morgan fingerprint density at radius 3 is 2.87 bits per heavy atom. The van der Waals surface area contributed by atoms with E-state index in [1.54, 1.807) is 29.5 Å². The van der Waals surface area contributed by atoms with Crippen LogP contribution in [-0.4, -0.2) is 44.8 Å². The molecular formula is C14H15F3N4OS. The van der Waals surface area contributed by atoms with Gasteiger partial charge in [0.25, 0.3) is 5.91 Å². The first-order valence-electron chi connectivity index (χ1n) is 7.15. The summed E-state index contributed by atoms with van der Waals surface area (Å²) in [4.78, 5) is 17.9. The molecule has 3 heterocycles. The van der Waals surface area contributed by atoms with Gasteiger partial charge in [-0.05, 0) is 12.8 Å². The van der Waals surface area contributed by atoms with Crippen molar-refractivity contribution in [3.63, 3.8) is 0 Å². The lowest BCUT2D eigenvalue weighted by atomic mass is 9.97. The molecule has 1 atom stereocenters. The van der Waals surface area contributed by atoms with Gasteiger partial charge in [-0.1, -0.05) is 0 Å². The molecule has 0 unspecified atom stereocenters. The number of piperidine rings is 1. The van der Waals surface area contributed by atoms with Crippen LogP contribution in [0, 0.1) is 5.92 Å². The van der Waals surface area contributed by atoms with Gasteiger partial charge in [0.05, 0.1) is 12.1 Å². The molecule has 0 bridgehead atoms. The molecule has 23 heavy (non-hydrogen) atoms. The number of aromatic nitrogens is 3. The summed E-state index contributed by atoms with van der Waals surface area (Å²) in [5.74, 6) is -1.89. The van der Waals surface area contributed by atoms with Gasteiger partial charge in [0, 0.05) is 37.3 Å². The van der Waals surface area contributed by atoms with Gasteiger partial charge in [0.2, 0.25) is 0 Å². The third-order valence-electron chi connectivity index (χ3n) is 3.85. The van der Waals surface area contributed by atoms with Gasteiger partial charge in [-0.15, -0.1) is 11.3 Å². The van der Waals surface area contributed by atoms with E-state index in [0.29, 0.717) is 18.0 Å². The highest BCUT2D eigenvalue weighted by molar-refractivity contribution is 7.13.